The van der Waals surface area contributed by atoms with E-state index in [0.29, 0.717) is 13.0 Å². The van der Waals surface area contributed by atoms with Gasteiger partial charge in [0.2, 0.25) is 0 Å². The highest BCUT2D eigenvalue weighted by molar-refractivity contribution is 5.69. The van der Waals surface area contributed by atoms with E-state index >= 15 is 0 Å². The van der Waals surface area contributed by atoms with Gasteiger partial charge in [-0.3, -0.25) is 4.79 Å². The van der Waals surface area contributed by atoms with Crippen molar-refractivity contribution in [1.82, 2.24) is 0 Å². The van der Waals surface area contributed by atoms with E-state index in [1.165, 1.54) is 12.8 Å². The van der Waals surface area contributed by atoms with Crippen LogP contribution in [-0.4, -0.2) is 12.6 Å². The van der Waals surface area contributed by atoms with E-state index in [1.54, 1.807) is 0 Å². The van der Waals surface area contributed by atoms with Gasteiger partial charge < -0.3 is 4.74 Å². The van der Waals surface area contributed by atoms with E-state index in [4.69, 9.17) is 4.74 Å². The van der Waals surface area contributed by atoms with E-state index in [2.05, 4.69) is 18.8 Å². The molecule has 0 aliphatic carbocycles. The highest BCUT2D eigenvalue weighted by Crippen LogP contribution is 1.97. The molecule has 0 saturated carbocycles. The lowest BCUT2D eigenvalue weighted by molar-refractivity contribution is -0.143. The summed E-state index contributed by atoms with van der Waals surface area (Å²) >= 11 is 0. The van der Waals surface area contributed by atoms with Crippen LogP contribution in [0.2, 0.25) is 0 Å². The Bertz CT molecular complexity index is 198. The molecule has 14 heavy (non-hydrogen) atoms. The fourth-order valence-electron chi connectivity index (χ4n) is 0.996. The van der Waals surface area contributed by atoms with Crippen LogP contribution in [0.3, 0.4) is 0 Å². The fraction of sp³-hybridized carbons (Fsp3) is 0.750. The van der Waals surface area contributed by atoms with Crippen LogP contribution in [0.15, 0.2) is 0 Å². The van der Waals surface area contributed by atoms with Crippen molar-refractivity contribution in [3.8, 4) is 11.8 Å². The number of esters is 1. The molecular weight excluding hydrogens is 176 g/mol. The first-order valence-electron chi connectivity index (χ1n) is 5.42. The molecule has 0 heterocycles. The predicted octanol–water partition coefficient (Wildman–Crippen LogP) is 2.91. The van der Waals surface area contributed by atoms with Gasteiger partial charge in [-0.15, -0.1) is 11.8 Å². The molecule has 0 fully saturated rings. The molecule has 0 atom stereocenters. The third-order valence-corrected chi connectivity index (χ3v) is 1.77. The van der Waals surface area contributed by atoms with Gasteiger partial charge >= 0.3 is 5.97 Å². The Hall–Kier alpha value is -0.970. The molecule has 0 amide bonds. The Kier molecular flexibility index (Phi) is 9.41. The highest BCUT2D eigenvalue weighted by atomic mass is 16.5. The maximum absolute atomic E-state index is 10.9. The van der Waals surface area contributed by atoms with Crippen molar-refractivity contribution in [2.45, 2.75) is 52.4 Å². The summed E-state index contributed by atoms with van der Waals surface area (Å²) in [6.45, 7) is 4.45. The molecule has 2 nitrogen and oxygen atoms in total. The maximum Gasteiger partial charge on any atom is 0.305 e. The normalized spacial score (nSPS) is 9.00. The first-order chi connectivity index (χ1) is 6.81. The van der Waals surface area contributed by atoms with Gasteiger partial charge in [-0.25, -0.2) is 0 Å². The van der Waals surface area contributed by atoms with Gasteiger partial charge in [-0.2, -0.15) is 0 Å². The van der Waals surface area contributed by atoms with Crippen LogP contribution in [0.5, 0.6) is 0 Å². The molecule has 0 unspecified atom stereocenters. The van der Waals surface area contributed by atoms with E-state index in [0.717, 1.165) is 19.3 Å². The van der Waals surface area contributed by atoms with Crippen LogP contribution < -0.4 is 0 Å². The molecule has 0 aliphatic rings. The monoisotopic (exact) mass is 196 g/mol. The van der Waals surface area contributed by atoms with E-state index in [9.17, 15) is 4.79 Å². The molecule has 0 radical (unpaired) electrons. The summed E-state index contributed by atoms with van der Waals surface area (Å²) in [5.41, 5.74) is 0. The quantitative estimate of drug-likeness (QED) is 0.371. The van der Waals surface area contributed by atoms with Crippen molar-refractivity contribution in [2.75, 3.05) is 6.61 Å². The van der Waals surface area contributed by atoms with Crippen molar-refractivity contribution in [2.24, 2.45) is 0 Å². The van der Waals surface area contributed by atoms with Crippen molar-refractivity contribution < 1.29 is 9.53 Å². The van der Waals surface area contributed by atoms with Crippen molar-refractivity contribution in [1.29, 1.82) is 0 Å². The van der Waals surface area contributed by atoms with Gasteiger partial charge in [-0.1, -0.05) is 13.3 Å². The predicted molar refractivity (Wildman–Crippen MR) is 57.8 cm³/mol. The Morgan fingerprint density at radius 3 is 2.36 bits per heavy atom. The lowest BCUT2D eigenvalue weighted by Gasteiger charge is -1.98. The minimum atomic E-state index is -0.108. The fourth-order valence-corrected chi connectivity index (χ4v) is 0.996. The topological polar surface area (TPSA) is 26.3 Å². The van der Waals surface area contributed by atoms with Gasteiger partial charge in [0.05, 0.1) is 6.61 Å². The zero-order chi connectivity index (χ0) is 10.6. The van der Waals surface area contributed by atoms with Crippen LogP contribution in [0, 0.1) is 11.8 Å². The molecule has 0 saturated heterocycles. The first kappa shape index (κ1) is 13.0. The number of hydrogen-bond donors (Lipinski definition) is 0. The molecule has 0 spiro atoms. The summed E-state index contributed by atoms with van der Waals surface area (Å²) in [6, 6.07) is 0. The molecule has 0 aromatic heterocycles. The second-order valence-electron chi connectivity index (χ2n) is 3.12. The highest BCUT2D eigenvalue weighted by Gasteiger charge is 1.98. The van der Waals surface area contributed by atoms with Crippen molar-refractivity contribution in [3.63, 3.8) is 0 Å². The minimum Gasteiger partial charge on any atom is -0.466 e. The van der Waals surface area contributed by atoms with Crippen LogP contribution in [0.25, 0.3) is 0 Å². The third-order valence-electron chi connectivity index (χ3n) is 1.77. The molecule has 0 N–H and O–H groups in total. The second-order valence-corrected chi connectivity index (χ2v) is 3.12. The summed E-state index contributed by atoms with van der Waals surface area (Å²) in [5, 5.41) is 0. The Labute approximate surface area is 87.0 Å². The number of ether oxygens (including phenoxy) is 1. The van der Waals surface area contributed by atoms with Crippen LogP contribution in [0.4, 0.5) is 0 Å². The van der Waals surface area contributed by atoms with Crippen molar-refractivity contribution in [3.05, 3.63) is 0 Å². The lowest BCUT2D eigenvalue weighted by Crippen LogP contribution is -2.02. The molecule has 0 aromatic rings. The van der Waals surface area contributed by atoms with Crippen LogP contribution in [-0.2, 0) is 9.53 Å². The summed E-state index contributed by atoms with van der Waals surface area (Å²) in [5.74, 6) is 6.04. The summed E-state index contributed by atoms with van der Waals surface area (Å²) in [7, 11) is 0. The zero-order valence-corrected chi connectivity index (χ0v) is 9.27. The number of carbonyl (C=O) groups excluding carboxylic acids is 1. The molecular formula is C12H20O2. The standard InChI is InChI=1S/C12H20O2/c1-3-5-6-7-8-9-10-11-12(13)14-4-2/h3-6,9-11H2,1-2H3. The van der Waals surface area contributed by atoms with Gasteiger partial charge in [0, 0.05) is 19.3 Å². The van der Waals surface area contributed by atoms with Crippen LogP contribution in [0.1, 0.15) is 52.4 Å². The van der Waals surface area contributed by atoms with Gasteiger partial charge in [0.1, 0.15) is 0 Å². The average Bonchev–Trinajstić information content (AvgIpc) is 2.17. The SMILES string of the molecule is CCCCC#CCCCC(=O)OCC. The number of rotatable bonds is 6. The molecule has 2 heteroatoms. The van der Waals surface area contributed by atoms with Gasteiger partial charge in [-0.05, 0) is 19.8 Å². The average molecular weight is 196 g/mol. The molecule has 80 valence electrons. The maximum atomic E-state index is 10.9. The van der Waals surface area contributed by atoms with Crippen LogP contribution >= 0.6 is 0 Å². The first-order valence-corrected chi connectivity index (χ1v) is 5.42. The zero-order valence-electron chi connectivity index (χ0n) is 9.27. The Morgan fingerprint density at radius 1 is 1.14 bits per heavy atom. The van der Waals surface area contributed by atoms with E-state index < -0.39 is 0 Å². The smallest absolute Gasteiger partial charge is 0.305 e. The van der Waals surface area contributed by atoms with E-state index in [1.807, 2.05) is 6.92 Å². The number of unbranched alkanes of at least 4 members (excludes halogenated alkanes) is 3. The molecule has 0 rings (SSSR count). The van der Waals surface area contributed by atoms with Gasteiger partial charge in [0.15, 0.2) is 0 Å². The summed E-state index contributed by atoms with van der Waals surface area (Å²) in [4.78, 5) is 10.9. The molecule has 0 bridgehead atoms. The minimum absolute atomic E-state index is 0.108. The third kappa shape index (κ3) is 9.12. The number of carbonyl (C=O) groups is 1. The number of hydrogen-bond acceptors (Lipinski definition) is 2. The van der Waals surface area contributed by atoms with Gasteiger partial charge in [0.25, 0.3) is 0 Å². The molecule has 0 aliphatic heterocycles. The summed E-state index contributed by atoms with van der Waals surface area (Å²) < 4.78 is 4.80. The van der Waals surface area contributed by atoms with Crippen molar-refractivity contribution >= 4 is 5.97 Å². The second kappa shape index (κ2) is 10.1. The Balaban J connectivity index is 3.26. The molecule has 0 aromatic carbocycles. The largest absolute Gasteiger partial charge is 0.466 e. The van der Waals surface area contributed by atoms with E-state index in [-0.39, 0.29) is 5.97 Å². The lowest BCUT2D eigenvalue weighted by atomic mass is 10.2. The summed E-state index contributed by atoms with van der Waals surface area (Å²) in [6.07, 6.45) is 5.47. The Morgan fingerprint density at radius 2 is 1.79 bits per heavy atom.